The smallest absolute Gasteiger partial charge is 0.252 e. The Labute approximate surface area is 826 Å². The summed E-state index contributed by atoms with van der Waals surface area (Å²) in [6, 6.07) is 27.1. The van der Waals surface area contributed by atoms with Gasteiger partial charge in [-0.1, -0.05) is 24.3 Å². The zero-order valence-electron chi connectivity index (χ0n) is 81.1. The molecule has 24 rings (SSSR count). The normalized spacial score (nSPS) is 16.5. The van der Waals surface area contributed by atoms with E-state index < -0.39 is 58.5 Å². The molecule has 4 fully saturated rings. The fourth-order valence-corrected chi connectivity index (χ4v) is 19.8. The fraction of sp³-hybridized carbons (Fsp3) is 0.373. The number of aryl methyl sites for hydroxylation is 4. The van der Waals surface area contributed by atoms with Crippen LogP contribution in [0.1, 0.15) is 105 Å². The molecule has 12 aromatic heterocycles. The third-order valence-corrected chi connectivity index (χ3v) is 27.4. The number of likely N-dealkylation sites (tertiary alicyclic amines) is 1. The largest absolute Gasteiger partial charge is 0.377 e. The van der Waals surface area contributed by atoms with Crippen molar-refractivity contribution < 1.29 is 53.4 Å². The number of likely N-dealkylation sites (N-methyl/N-ethyl adjacent to an activating group) is 3. The maximum absolute atomic E-state index is 15.1. The second kappa shape index (κ2) is 40.4. The van der Waals surface area contributed by atoms with Crippen LogP contribution in [0.5, 0.6) is 0 Å². The summed E-state index contributed by atoms with van der Waals surface area (Å²) in [4.78, 5) is 81.2. The van der Waals surface area contributed by atoms with Crippen LogP contribution in [0.3, 0.4) is 0 Å². The highest BCUT2D eigenvalue weighted by molar-refractivity contribution is 5.87. The lowest BCUT2D eigenvalue weighted by Gasteiger charge is -2.38. The molecule has 3 saturated heterocycles. The number of alkyl halides is 2. The highest BCUT2D eigenvalue weighted by Crippen LogP contribution is 2.48. The molecule has 16 aromatic rings. The SMILES string of the molecule is Cc1nc2c(F)cc(-c3nc(Nc4ccc5c(n4)CCN(CCN(C)C)C5)ncc3F)cc2n1C1CC(F)(F)C1.Cc1nc2c(F)cc(-c3nc(Nc4ccc5c(n4)CCN(CCN(C)C)C5)ncc3F)cc2n1C1COC1.Cc1nc2c(F)cc(-c3nc(Nc4ccc5c(n4)CCNC5)ncc3F)cc2n1C1CN(C)C1.Cc1nc2c(F)cc(-c3nc(Nc4ccc5c(n4)CCNC5)ncc3F)cc2n1C1COC1. The molecular weight excluding hydrogens is 1880 g/mol. The maximum Gasteiger partial charge on any atom is 0.252 e. The molecule has 145 heavy (non-hydrogen) atoms. The maximum atomic E-state index is 15.1. The number of rotatable bonds is 22. The van der Waals surface area contributed by atoms with E-state index in [0.717, 1.165) is 193 Å². The third-order valence-electron chi connectivity index (χ3n) is 27.4. The Kier molecular flexibility index (Phi) is 27.0. The lowest BCUT2D eigenvalue weighted by atomic mass is 9.87. The minimum absolute atomic E-state index is 0.00530. The molecule has 0 amide bonds. The number of ether oxygens (including phenoxy) is 2. The molecule has 1 aliphatic carbocycles. The topological polar surface area (TPSA) is 333 Å². The third kappa shape index (κ3) is 20.5. The number of aromatic nitrogens is 20. The number of nitrogens with zero attached hydrogens (tertiary/aromatic N) is 25. The Balaban J connectivity index is 0.000000114. The molecular formula is C102H105F10N31O2. The molecule has 1 saturated carbocycles. The fourth-order valence-electron chi connectivity index (χ4n) is 19.8. The van der Waals surface area contributed by atoms with Gasteiger partial charge in [0.05, 0.1) is 91.4 Å². The number of nitrogens with one attached hydrogen (secondary N) is 6. The molecule has 8 aliphatic rings. The number of halogens is 10. The van der Waals surface area contributed by atoms with Crippen LogP contribution in [0.15, 0.2) is 122 Å². The average molecular weight is 1990 g/mol. The number of fused-ring (bicyclic) bond motifs is 8. The molecule has 4 aromatic carbocycles. The Morgan fingerprint density at radius 1 is 0.366 bits per heavy atom. The summed E-state index contributed by atoms with van der Waals surface area (Å²) in [5.74, 6) is -2.12. The van der Waals surface area contributed by atoms with E-state index in [-0.39, 0.29) is 105 Å². The molecule has 19 heterocycles. The van der Waals surface area contributed by atoms with E-state index in [1.807, 2.05) is 84.0 Å². The number of hydrogen-bond donors (Lipinski definition) is 6. The van der Waals surface area contributed by atoms with Crippen LogP contribution in [0, 0.1) is 74.2 Å². The average Bonchev–Trinajstić information content (AvgIpc) is 1.61. The minimum atomic E-state index is -2.75. The van der Waals surface area contributed by atoms with Crippen molar-refractivity contribution in [2.75, 3.05) is 148 Å². The Morgan fingerprint density at radius 2 is 0.662 bits per heavy atom. The summed E-state index contributed by atoms with van der Waals surface area (Å²) in [5.41, 5.74) is 12.8. The summed E-state index contributed by atoms with van der Waals surface area (Å²) < 4.78 is 165. The first kappa shape index (κ1) is 96.9. The van der Waals surface area contributed by atoms with E-state index in [1.165, 1.54) is 23.8 Å². The zero-order valence-corrected chi connectivity index (χ0v) is 81.1. The number of anilines is 8. The van der Waals surface area contributed by atoms with Gasteiger partial charge in [-0.05, 0) is 158 Å². The summed E-state index contributed by atoms with van der Waals surface area (Å²) >= 11 is 0. The van der Waals surface area contributed by atoms with Crippen molar-refractivity contribution >= 4 is 91.2 Å². The Hall–Kier alpha value is -14.2. The van der Waals surface area contributed by atoms with Crippen LogP contribution in [0.25, 0.3) is 89.2 Å². The van der Waals surface area contributed by atoms with Crippen molar-refractivity contribution in [3.63, 3.8) is 0 Å². The molecule has 7 aliphatic heterocycles. The molecule has 43 heteroatoms. The molecule has 0 spiro atoms. The van der Waals surface area contributed by atoms with E-state index in [1.54, 1.807) is 35.8 Å². The van der Waals surface area contributed by atoms with Crippen LogP contribution in [-0.2, 0) is 61.3 Å². The van der Waals surface area contributed by atoms with Crippen molar-refractivity contribution in [1.29, 1.82) is 0 Å². The number of hydrogen-bond acceptors (Lipinski definition) is 29. The highest BCUT2D eigenvalue weighted by atomic mass is 19.3. The molecule has 6 N–H and O–H groups in total. The number of benzene rings is 4. The van der Waals surface area contributed by atoms with Gasteiger partial charge in [-0.2, -0.15) is 0 Å². The van der Waals surface area contributed by atoms with E-state index in [4.69, 9.17) is 19.4 Å². The van der Waals surface area contributed by atoms with E-state index in [0.29, 0.717) is 106 Å². The van der Waals surface area contributed by atoms with Gasteiger partial charge in [0.25, 0.3) is 5.92 Å². The van der Waals surface area contributed by atoms with E-state index >= 15 is 13.2 Å². The summed E-state index contributed by atoms with van der Waals surface area (Å²) in [7, 11) is 10.3. The van der Waals surface area contributed by atoms with Crippen molar-refractivity contribution in [1.82, 2.24) is 133 Å². The van der Waals surface area contributed by atoms with Crippen LogP contribution in [0.4, 0.5) is 91.0 Å². The Morgan fingerprint density at radius 3 is 0.952 bits per heavy atom. The van der Waals surface area contributed by atoms with Gasteiger partial charge in [0.15, 0.2) is 46.5 Å². The predicted molar refractivity (Wildman–Crippen MR) is 527 cm³/mol. The van der Waals surface area contributed by atoms with Crippen molar-refractivity contribution in [3.05, 3.63) is 237 Å². The van der Waals surface area contributed by atoms with Gasteiger partial charge in [-0.3, -0.25) is 9.80 Å². The monoisotopic (exact) mass is 1990 g/mol. The highest BCUT2D eigenvalue weighted by Gasteiger charge is 2.47. The summed E-state index contributed by atoms with van der Waals surface area (Å²) in [6.45, 7) is 21.9. The van der Waals surface area contributed by atoms with Crippen molar-refractivity contribution in [2.24, 2.45) is 0 Å². The van der Waals surface area contributed by atoms with Crippen LogP contribution in [0.2, 0.25) is 0 Å². The lowest BCUT2D eigenvalue weighted by molar-refractivity contribution is -0.103. The molecule has 0 bridgehead atoms. The van der Waals surface area contributed by atoms with Gasteiger partial charge in [0, 0.05) is 181 Å². The van der Waals surface area contributed by atoms with Crippen LogP contribution >= 0.6 is 0 Å². The van der Waals surface area contributed by atoms with Gasteiger partial charge < -0.3 is 74.3 Å². The first-order chi connectivity index (χ1) is 69.9. The predicted octanol–water partition coefficient (Wildman–Crippen LogP) is 15.6. The first-order valence-electron chi connectivity index (χ1n) is 48.2. The lowest BCUT2D eigenvalue weighted by Crippen LogP contribution is -2.45. The summed E-state index contributed by atoms with van der Waals surface area (Å²) in [6.07, 6.45) is 6.93. The van der Waals surface area contributed by atoms with Crippen LogP contribution < -0.4 is 31.9 Å². The standard InChI is InChI=1S/C28H30F4N8.C27H30F2N8O.C24H24F2N8.C23H21F2N7O/c1-16-34-26-20(29)10-18(11-23(26)40(16)19-12-28(31,32)13-19)25-21(30)14-33-27(37-25)36-24-5-4-17-15-39(9-8-38(2)3)7-6-22(17)35-24;1-16-31-26-20(28)10-18(11-23(26)37(16)19-14-38-15-19)25-21(29)12-30-27(34-25)33-24-5-4-17-13-36(9-8-35(2)3)7-6-22(17)32-24;1-13-29-23-17(25)7-15(8-20(23)34(13)16-11-33(2)12-16)22-18(26)10-28-24(32-22)31-21-4-3-14-9-27-6-5-19(14)30-21;1-12-28-22-16(24)6-14(7-19(22)32(12)15-10-33-11-15)21-17(25)9-27-23(31-21)30-20-3-2-13-8-26-5-4-18(13)29-20/h4-5,10-11,14,19H,6-9,12-13,15H2,1-3H3,(H,33,35,36,37);4-5,10-12,19H,6-9,13-15H2,1-3H3,(H,30,32,33,34);3-4,7-8,10,16,27H,5-6,9,11-12H2,1-2H3,(H,28,30,31,32);2-3,6-7,9,15,26H,4-5,8,10-11H2,1H3,(H,27,29,30,31). The second-order valence-corrected chi connectivity index (χ2v) is 38.4. The Bertz CT molecular complexity index is 7640. The van der Waals surface area contributed by atoms with Gasteiger partial charge >= 0.3 is 0 Å². The van der Waals surface area contributed by atoms with Gasteiger partial charge in [-0.25, -0.2) is 124 Å². The quantitative estimate of drug-likeness (QED) is 0.0343. The number of imidazole rings is 4. The van der Waals surface area contributed by atoms with E-state index in [9.17, 15) is 30.7 Å². The van der Waals surface area contributed by atoms with Gasteiger partial charge in [0.1, 0.15) is 91.4 Å². The molecule has 33 nitrogen and oxygen atoms in total. The minimum Gasteiger partial charge on any atom is -0.377 e. The van der Waals surface area contributed by atoms with Gasteiger partial charge in [-0.15, -0.1) is 0 Å². The van der Waals surface area contributed by atoms with Gasteiger partial charge in [0.2, 0.25) is 23.8 Å². The molecule has 750 valence electrons. The molecule has 0 radical (unpaired) electrons. The van der Waals surface area contributed by atoms with E-state index in [2.05, 4.69) is 160 Å². The first-order valence-corrected chi connectivity index (χ1v) is 48.2. The molecule has 0 atom stereocenters. The summed E-state index contributed by atoms with van der Waals surface area (Å²) in [5, 5.41) is 18.9. The zero-order chi connectivity index (χ0) is 100. The number of pyridine rings is 4. The second-order valence-electron chi connectivity index (χ2n) is 38.4. The molecule has 0 unspecified atom stereocenters. The van der Waals surface area contributed by atoms with Crippen LogP contribution in [-0.4, -0.2) is 256 Å². The van der Waals surface area contributed by atoms with Crippen molar-refractivity contribution in [3.8, 4) is 45.0 Å². The van der Waals surface area contributed by atoms with Crippen molar-refractivity contribution in [2.45, 2.75) is 122 Å².